The number of hydrogen-bond acceptors (Lipinski definition) is 4. The molecule has 0 saturated heterocycles. The molecule has 1 aliphatic rings. The van der Waals surface area contributed by atoms with Crippen molar-refractivity contribution in [2.75, 3.05) is 0 Å². The molecule has 1 aromatic rings. The van der Waals surface area contributed by atoms with Crippen LogP contribution in [-0.4, -0.2) is 10.8 Å². The molecular weight excluding hydrogens is 232 g/mol. The van der Waals surface area contributed by atoms with Gasteiger partial charge in [0.1, 0.15) is 10.7 Å². The minimum absolute atomic E-state index is 0.168. The van der Waals surface area contributed by atoms with E-state index >= 15 is 0 Å². The summed E-state index contributed by atoms with van der Waals surface area (Å²) in [5, 5.41) is 2.71. The molecule has 17 heavy (non-hydrogen) atoms. The van der Waals surface area contributed by atoms with E-state index in [4.69, 9.17) is 5.73 Å². The Kier molecular flexibility index (Phi) is 3.94. The van der Waals surface area contributed by atoms with Crippen LogP contribution in [0.4, 0.5) is 0 Å². The second-order valence-corrected chi connectivity index (χ2v) is 6.25. The van der Waals surface area contributed by atoms with E-state index in [0.29, 0.717) is 24.1 Å². The first-order valence-corrected chi connectivity index (χ1v) is 7.16. The summed E-state index contributed by atoms with van der Waals surface area (Å²) in [6.45, 7) is 4.90. The van der Waals surface area contributed by atoms with Crippen molar-refractivity contribution in [3.05, 3.63) is 16.1 Å². The van der Waals surface area contributed by atoms with Gasteiger partial charge in [0.15, 0.2) is 5.78 Å². The summed E-state index contributed by atoms with van der Waals surface area (Å²) in [7, 11) is 0. The van der Waals surface area contributed by atoms with E-state index in [9.17, 15) is 4.79 Å². The largest absolute Gasteiger partial charge is 0.325 e. The van der Waals surface area contributed by atoms with E-state index < -0.39 is 0 Å². The smallest absolute Gasteiger partial charge is 0.185 e. The van der Waals surface area contributed by atoms with Crippen LogP contribution >= 0.6 is 11.3 Å². The molecule has 0 radical (unpaired) electrons. The molecule has 1 saturated carbocycles. The zero-order chi connectivity index (χ0) is 12.4. The minimum Gasteiger partial charge on any atom is -0.325 e. The van der Waals surface area contributed by atoms with Crippen molar-refractivity contribution in [3.63, 3.8) is 0 Å². The normalized spacial score (nSPS) is 29.2. The predicted molar refractivity (Wildman–Crippen MR) is 70.0 cm³/mol. The molecule has 0 aliphatic heterocycles. The second kappa shape index (κ2) is 5.27. The monoisotopic (exact) mass is 252 g/mol. The molecule has 0 amide bonds. The molecule has 2 unspecified atom stereocenters. The number of carbonyl (C=O) groups excluding carboxylic acids is 1. The van der Waals surface area contributed by atoms with Gasteiger partial charge in [0.25, 0.3) is 0 Å². The summed E-state index contributed by atoms with van der Waals surface area (Å²) in [6.07, 6.45) is 3.27. The van der Waals surface area contributed by atoms with E-state index in [1.165, 1.54) is 17.8 Å². The quantitative estimate of drug-likeness (QED) is 0.842. The van der Waals surface area contributed by atoms with Crippen LogP contribution in [0.5, 0.6) is 0 Å². The van der Waals surface area contributed by atoms with Crippen LogP contribution in [0.15, 0.2) is 5.38 Å². The van der Waals surface area contributed by atoms with E-state index in [0.717, 1.165) is 17.8 Å². The highest BCUT2D eigenvalue weighted by atomic mass is 32.1. The summed E-state index contributed by atoms with van der Waals surface area (Å²) in [4.78, 5) is 16.6. The minimum atomic E-state index is 0.168. The Balaban J connectivity index is 2.08. The maximum atomic E-state index is 12.3. The lowest BCUT2D eigenvalue weighted by Gasteiger charge is -2.30. The van der Waals surface area contributed by atoms with Gasteiger partial charge in [0.2, 0.25) is 0 Å². The summed E-state index contributed by atoms with van der Waals surface area (Å²) in [5.41, 5.74) is 6.15. The fraction of sp³-hybridized carbons (Fsp3) is 0.692. The number of rotatable bonds is 3. The average Bonchev–Trinajstić information content (AvgIpc) is 2.75. The van der Waals surface area contributed by atoms with Crippen LogP contribution in [0.2, 0.25) is 0 Å². The summed E-state index contributed by atoms with van der Waals surface area (Å²) in [5.74, 6) is 1.70. The number of ketones is 1. The van der Waals surface area contributed by atoms with Gasteiger partial charge in [-0.05, 0) is 31.1 Å². The maximum absolute atomic E-state index is 12.3. The van der Waals surface area contributed by atoms with Gasteiger partial charge in [-0.3, -0.25) is 4.79 Å². The van der Waals surface area contributed by atoms with Crippen LogP contribution in [0.25, 0.3) is 0 Å². The fourth-order valence-corrected chi connectivity index (χ4v) is 3.55. The summed E-state index contributed by atoms with van der Waals surface area (Å²) < 4.78 is 0. The zero-order valence-corrected chi connectivity index (χ0v) is 11.3. The number of Topliss-reactive ketones (excluding diaryl/α,β-unsaturated/α-hetero) is 1. The first-order valence-electron chi connectivity index (χ1n) is 6.28. The van der Waals surface area contributed by atoms with Crippen molar-refractivity contribution < 1.29 is 4.79 Å². The van der Waals surface area contributed by atoms with Gasteiger partial charge in [0.05, 0.1) is 0 Å². The number of nitrogens with zero attached hydrogens (tertiary/aromatic N) is 1. The van der Waals surface area contributed by atoms with Crippen LogP contribution < -0.4 is 5.73 Å². The van der Waals surface area contributed by atoms with Crippen LogP contribution in [0, 0.1) is 17.8 Å². The van der Waals surface area contributed by atoms with Gasteiger partial charge in [-0.15, -0.1) is 11.3 Å². The van der Waals surface area contributed by atoms with Gasteiger partial charge < -0.3 is 5.73 Å². The van der Waals surface area contributed by atoms with Gasteiger partial charge in [-0.25, -0.2) is 4.98 Å². The Bertz CT molecular complexity index is 392. The number of aromatic nitrogens is 1. The Morgan fingerprint density at radius 2 is 2.06 bits per heavy atom. The third kappa shape index (κ3) is 2.93. The molecular formula is C13H20N2OS. The van der Waals surface area contributed by atoms with Crippen LogP contribution in [-0.2, 0) is 6.54 Å². The molecule has 1 fully saturated rings. The maximum Gasteiger partial charge on any atom is 0.185 e. The van der Waals surface area contributed by atoms with E-state index in [-0.39, 0.29) is 11.7 Å². The first-order chi connectivity index (χ1) is 8.10. The average molecular weight is 252 g/mol. The lowest BCUT2D eigenvalue weighted by molar-refractivity contribution is 0.0831. The number of carbonyl (C=O) groups is 1. The van der Waals surface area contributed by atoms with E-state index in [2.05, 4.69) is 18.8 Å². The summed E-state index contributed by atoms with van der Waals surface area (Å²) in [6, 6.07) is 0. The topological polar surface area (TPSA) is 56.0 Å². The molecule has 0 bridgehead atoms. The molecule has 1 aliphatic carbocycles. The van der Waals surface area contributed by atoms with Crippen molar-refractivity contribution in [2.24, 2.45) is 23.5 Å². The number of thiazole rings is 1. The summed E-state index contributed by atoms with van der Waals surface area (Å²) >= 11 is 1.49. The molecule has 3 nitrogen and oxygen atoms in total. The standard InChI is InChI=1S/C13H20N2OS/c1-8-3-9(2)5-10(4-8)13(16)11-7-17-12(6-14)15-11/h7-10H,3-6,14H2,1-2H3. The van der Waals surface area contributed by atoms with Crippen LogP contribution in [0.3, 0.4) is 0 Å². The molecule has 1 aromatic heterocycles. The highest BCUT2D eigenvalue weighted by Gasteiger charge is 2.30. The lowest BCUT2D eigenvalue weighted by atomic mass is 9.74. The molecule has 0 aromatic carbocycles. The molecule has 4 heteroatoms. The highest BCUT2D eigenvalue weighted by Crippen LogP contribution is 2.34. The van der Waals surface area contributed by atoms with Crippen LogP contribution in [0.1, 0.15) is 48.6 Å². The Labute approximate surface area is 106 Å². The van der Waals surface area contributed by atoms with Gasteiger partial charge >= 0.3 is 0 Å². The van der Waals surface area contributed by atoms with Crippen molar-refractivity contribution in [3.8, 4) is 0 Å². The lowest BCUT2D eigenvalue weighted by Crippen LogP contribution is -2.26. The Morgan fingerprint density at radius 1 is 1.41 bits per heavy atom. The van der Waals surface area contributed by atoms with Gasteiger partial charge in [0, 0.05) is 17.8 Å². The Morgan fingerprint density at radius 3 is 2.59 bits per heavy atom. The number of hydrogen-bond donors (Lipinski definition) is 1. The molecule has 1 heterocycles. The fourth-order valence-electron chi connectivity index (χ4n) is 2.89. The SMILES string of the molecule is CC1CC(C)CC(C(=O)c2csc(CN)n2)C1. The molecule has 2 rings (SSSR count). The molecule has 0 spiro atoms. The predicted octanol–water partition coefficient (Wildman–Crippen LogP) is 2.86. The Hall–Kier alpha value is -0.740. The third-order valence-corrected chi connectivity index (χ3v) is 4.40. The van der Waals surface area contributed by atoms with Gasteiger partial charge in [-0.2, -0.15) is 0 Å². The van der Waals surface area contributed by atoms with Crippen molar-refractivity contribution in [2.45, 2.75) is 39.7 Å². The van der Waals surface area contributed by atoms with E-state index in [1.54, 1.807) is 0 Å². The van der Waals surface area contributed by atoms with Crippen molar-refractivity contribution >= 4 is 17.1 Å². The van der Waals surface area contributed by atoms with Gasteiger partial charge in [-0.1, -0.05) is 13.8 Å². The highest BCUT2D eigenvalue weighted by molar-refractivity contribution is 7.09. The first kappa shape index (κ1) is 12.7. The zero-order valence-electron chi connectivity index (χ0n) is 10.5. The molecule has 2 atom stereocenters. The van der Waals surface area contributed by atoms with Crippen molar-refractivity contribution in [1.29, 1.82) is 0 Å². The molecule has 94 valence electrons. The number of nitrogens with two attached hydrogens (primary N) is 1. The second-order valence-electron chi connectivity index (χ2n) is 5.31. The molecule has 2 N–H and O–H groups in total. The van der Waals surface area contributed by atoms with E-state index in [1.807, 2.05) is 5.38 Å². The third-order valence-electron chi connectivity index (χ3n) is 3.53. The van der Waals surface area contributed by atoms with Crippen molar-refractivity contribution in [1.82, 2.24) is 4.98 Å².